The molecule has 0 spiro atoms. The average molecular weight is 416 g/mol. The van der Waals surface area contributed by atoms with Gasteiger partial charge in [-0.25, -0.2) is 0 Å². The number of hydrogen-bond acceptors (Lipinski definition) is 5. The molecule has 1 saturated heterocycles. The minimum Gasteiger partial charge on any atom is -0.485 e. The summed E-state index contributed by atoms with van der Waals surface area (Å²) >= 11 is 6.08. The summed E-state index contributed by atoms with van der Waals surface area (Å²) < 4.78 is 11.5. The Hall–Kier alpha value is -2.77. The lowest BCUT2D eigenvalue weighted by Gasteiger charge is -2.36. The number of benzene rings is 2. The maximum Gasteiger partial charge on any atom is 0.267 e. The second-order valence-electron chi connectivity index (χ2n) is 6.99. The first-order valence-electron chi connectivity index (χ1n) is 9.54. The Labute approximate surface area is 174 Å². The third kappa shape index (κ3) is 4.63. The third-order valence-electron chi connectivity index (χ3n) is 4.98. The monoisotopic (exact) mass is 415 g/mol. The van der Waals surface area contributed by atoms with Gasteiger partial charge in [0.25, 0.3) is 5.91 Å². The number of ether oxygens (including phenoxy) is 2. The van der Waals surface area contributed by atoms with E-state index >= 15 is 0 Å². The summed E-state index contributed by atoms with van der Waals surface area (Å²) in [6, 6.07) is 14.5. The van der Waals surface area contributed by atoms with Gasteiger partial charge < -0.3 is 19.7 Å². The van der Waals surface area contributed by atoms with Crippen LogP contribution in [0.2, 0.25) is 5.02 Å². The Balaban J connectivity index is 1.26. The summed E-state index contributed by atoms with van der Waals surface area (Å²) in [6.07, 6.45) is -0.639. The topological polar surface area (TPSA) is 71.1 Å². The molecule has 152 valence electrons. The number of rotatable bonds is 4. The van der Waals surface area contributed by atoms with Crippen LogP contribution in [0.15, 0.2) is 48.5 Å². The van der Waals surface area contributed by atoms with Gasteiger partial charge in [-0.3, -0.25) is 14.5 Å². The quantitative estimate of drug-likeness (QED) is 0.829. The first kappa shape index (κ1) is 19.5. The second kappa shape index (κ2) is 8.71. The molecule has 7 nitrogen and oxygen atoms in total. The average Bonchev–Trinajstić information content (AvgIpc) is 2.75. The van der Waals surface area contributed by atoms with Crippen LogP contribution in [-0.4, -0.2) is 67.0 Å². The van der Waals surface area contributed by atoms with E-state index in [4.69, 9.17) is 21.1 Å². The van der Waals surface area contributed by atoms with Gasteiger partial charge in [-0.05, 0) is 24.3 Å². The molecule has 0 aliphatic carbocycles. The zero-order chi connectivity index (χ0) is 20.2. The third-order valence-corrected chi connectivity index (χ3v) is 5.31. The molecule has 4 rings (SSSR count). The van der Waals surface area contributed by atoms with Gasteiger partial charge in [-0.2, -0.15) is 0 Å². The molecular weight excluding hydrogens is 394 g/mol. The zero-order valence-electron chi connectivity index (χ0n) is 15.8. The number of carbonyl (C=O) groups is 2. The van der Waals surface area contributed by atoms with Crippen LogP contribution in [0.5, 0.6) is 11.5 Å². The Morgan fingerprint density at radius 3 is 2.45 bits per heavy atom. The van der Waals surface area contributed by atoms with Gasteiger partial charge in [0.1, 0.15) is 6.61 Å². The van der Waals surface area contributed by atoms with Gasteiger partial charge in [0.05, 0.1) is 17.3 Å². The molecular formula is C21H22ClN3O4. The highest BCUT2D eigenvalue weighted by atomic mass is 35.5. The highest BCUT2D eigenvalue weighted by molar-refractivity contribution is 6.33. The molecule has 2 aromatic rings. The van der Waals surface area contributed by atoms with Crippen molar-refractivity contribution in [3.8, 4) is 11.5 Å². The van der Waals surface area contributed by atoms with Crippen molar-refractivity contribution in [2.75, 3.05) is 44.6 Å². The van der Waals surface area contributed by atoms with Crippen LogP contribution in [0, 0.1) is 0 Å². The van der Waals surface area contributed by atoms with Gasteiger partial charge in [0.2, 0.25) is 12.0 Å². The molecule has 0 saturated carbocycles. The predicted molar refractivity (Wildman–Crippen MR) is 109 cm³/mol. The largest absolute Gasteiger partial charge is 0.485 e. The van der Waals surface area contributed by atoms with E-state index in [0.717, 1.165) is 0 Å². The molecule has 29 heavy (non-hydrogen) atoms. The van der Waals surface area contributed by atoms with E-state index in [1.165, 1.54) is 0 Å². The molecule has 2 heterocycles. The van der Waals surface area contributed by atoms with Gasteiger partial charge in [0, 0.05) is 26.2 Å². The maximum atomic E-state index is 12.8. The molecule has 1 fully saturated rings. The number of fused-ring (bicyclic) bond motifs is 1. The van der Waals surface area contributed by atoms with Crippen LogP contribution in [0.25, 0.3) is 0 Å². The highest BCUT2D eigenvalue weighted by Gasteiger charge is 2.32. The van der Waals surface area contributed by atoms with Gasteiger partial charge >= 0.3 is 0 Å². The fraction of sp³-hybridized carbons (Fsp3) is 0.333. The summed E-state index contributed by atoms with van der Waals surface area (Å²) in [6.45, 7) is 2.77. The number of piperazine rings is 1. The zero-order valence-corrected chi connectivity index (χ0v) is 16.6. The molecule has 1 N–H and O–H groups in total. The highest BCUT2D eigenvalue weighted by Crippen LogP contribution is 2.31. The first-order chi connectivity index (χ1) is 14.1. The molecule has 2 aliphatic heterocycles. The summed E-state index contributed by atoms with van der Waals surface area (Å²) in [5.41, 5.74) is 0.600. The summed E-state index contributed by atoms with van der Waals surface area (Å²) in [4.78, 5) is 28.8. The normalized spacial score (nSPS) is 18.9. The predicted octanol–water partition coefficient (Wildman–Crippen LogP) is 2.26. The van der Waals surface area contributed by atoms with E-state index in [2.05, 4.69) is 5.32 Å². The van der Waals surface area contributed by atoms with Crippen molar-refractivity contribution < 1.29 is 19.1 Å². The Morgan fingerprint density at radius 1 is 1.00 bits per heavy atom. The number of nitrogens with one attached hydrogen (secondary N) is 1. The van der Waals surface area contributed by atoms with E-state index < -0.39 is 6.10 Å². The number of hydrogen-bond donors (Lipinski definition) is 1. The van der Waals surface area contributed by atoms with Crippen molar-refractivity contribution in [1.82, 2.24) is 9.80 Å². The standard InChI is InChI=1S/C21H22ClN3O4/c22-15-5-1-2-6-16(15)23-20(26)13-24-9-11-25(12-10-24)21(27)19-14-28-17-7-3-4-8-18(17)29-19/h1-8,19H,9-14H2,(H,23,26)/t19-/m0/s1. The molecule has 0 unspecified atom stereocenters. The van der Waals surface area contributed by atoms with Crippen molar-refractivity contribution in [2.45, 2.75) is 6.10 Å². The van der Waals surface area contributed by atoms with E-state index in [1.54, 1.807) is 23.1 Å². The molecule has 2 aliphatic rings. The molecule has 2 amide bonds. The Kier molecular flexibility index (Phi) is 5.87. The van der Waals surface area contributed by atoms with Crippen molar-refractivity contribution in [1.29, 1.82) is 0 Å². The minimum atomic E-state index is -0.639. The molecule has 8 heteroatoms. The number of para-hydroxylation sites is 3. The van der Waals surface area contributed by atoms with E-state index in [9.17, 15) is 9.59 Å². The fourth-order valence-electron chi connectivity index (χ4n) is 3.43. The lowest BCUT2D eigenvalue weighted by atomic mass is 10.2. The SMILES string of the molecule is O=C(CN1CCN(C(=O)[C@@H]2COc3ccccc3O2)CC1)Nc1ccccc1Cl. The number of halogens is 1. The van der Waals surface area contributed by atoms with Crippen molar-refractivity contribution in [3.63, 3.8) is 0 Å². The van der Waals surface area contributed by atoms with Crippen LogP contribution in [0.3, 0.4) is 0 Å². The van der Waals surface area contributed by atoms with Crippen LogP contribution in [0.1, 0.15) is 0 Å². The Morgan fingerprint density at radius 2 is 1.69 bits per heavy atom. The summed E-state index contributed by atoms with van der Waals surface area (Å²) in [5, 5.41) is 3.33. The van der Waals surface area contributed by atoms with E-state index in [-0.39, 0.29) is 25.0 Å². The molecule has 2 aromatic carbocycles. The van der Waals surface area contributed by atoms with Crippen LogP contribution in [-0.2, 0) is 9.59 Å². The Bertz CT molecular complexity index is 899. The van der Waals surface area contributed by atoms with Gasteiger partial charge in [-0.1, -0.05) is 35.9 Å². The number of amides is 2. The summed E-state index contributed by atoms with van der Waals surface area (Å²) in [5.74, 6) is 1.04. The molecule has 0 bridgehead atoms. The maximum absolute atomic E-state index is 12.8. The van der Waals surface area contributed by atoms with Crippen molar-refractivity contribution >= 4 is 29.1 Å². The van der Waals surface area contributed by atoms with Crippen LogP contribution >= 0.6 is 11.6 Å². The number of anilines is 1. The minimum absolute atomic E-state index is 0.0836. The van der Waals surface area contributed by atoms with Crippen LogP contribution in [0.4, 0.5) is 5.69 Å². The smallest absolute Gasteiger partial charge is 0.267 e. The van der Waals surface area contributed by atoms with Crippen molar-refractivity contribution in [3.05, 3.63) is 53.6 Å². The van der Waals surface area contributed by atoms with E-state index in [0.29, 0.717) is 48.4 Å². The van der Waals surface area contributed by atoms with Gasteiger partial charge in [0.15, 0.2) is 11.5 Å². The molecule has 0 radical (unpaired) electrons. The van der Waals surface area contributed by atoms with Crippen LogP contribution < -0.4 is 14.8 Å². The fourth-order valence-corrected chi connectivity index (χ4v) is 3.61. The van der Waals surface area contributed by atoms with E-state index in [1.807, 2.05) is 35.2 Å². The first-order valence-corrected chi connectivity index (χ1v) is 9.92. The summed E-state index contributed by atoms with van der Waals surface area (Å²) in [7, 11) is 0. The molecule has 1 atom stereocenters. The second-order valence-corrected chi connectivity index (χ2v) is 7.40. The lowest BCUT2D eigenvalue weighted by molar-refractivity contribution is -0.143. The lowest BCUT2D eigenvalue weighted by Crippen LogP contribution is -2.54. The van der Waals surface area contributed by atoms with Gasteiger partial charge in [-0.15, -0.1) is 0 Å². The number of nitrogens with zero attached hydrogens (tertiary/aromatic N) is 2. The van der Waals surface area contributed by atoms with Crippen molar-refractivity contribution in [2.24, 2.45) is 0 Å². The molecule has 0 aromatic heterocycles. The number of carbonyl (C=O) groups excluding carboxylic acids is 2.